The van der Waals surface area contributed by atoms with Gasteiger partial charge in [0.2, 0.25) is 0 Å². The SMILES string of the molecule is COCCCNCc1nccs1. The van der Waals surface area contributed by atoms with Crippen LogP contribution < -0.4 is 5.32 Å². The molecule has 0 saturated carbocycles. The van der Waals surface area contributed by atoms with Crippen molar-refractivity contribution in [3.8, 4) is 0 Å². The van der Waals surface area contributed by atoms with Gasteiger partial charge in [-0.2, -0.15) is 0 Å². The second kappa shape index (κ2) is 6.11. The molecule has 0 aliphatic rings. The Labute approximate surface area is 76.8 Å². The van der Waals surface area contributed by atoms with Crippen molar-refractivity contribution >= 4 is 11.3 Å². The third-order valence-corrected chi connectivity index (χ3v) is 2.24. The highest BCUT2D eigenvalue weighted by Crippen LogP contribution is 2.02. The maximum atomic E-state index is 4.93. The predicted molar refractivity (Wildman–Crippen MR) is 50.3 cm³/mol. The number of methoxy groups -OCH3 is 1. The van der Waals surface area contributed by atoms with E-state index in [2.05, 4.69) is 10.3 Å². The summed E-state index contributed by atoms with van der Waals surface area (Å²) < 4.78 is 4.93. The summed E-state index contributed by atoms with van der Waals surface area (Å²) in [5.74, 6) is 0. The van der Waals surface area contributed by atoms with E-state index in [1.165, 1.54) is 0 Å². The Balaban J connectivity index is 1.96. The zero-order chi connectivity index (χ0) is 8.65. The number of rotatable bonds is 6. The summed E-state index contributed by atoms with van der Waals surface area (Å²) in [7, 11) is 1.72. The highest BCUT2D eigenvalue weighted by molar-refractivity contribution is 7.09. The minimum Gasteiger partial charge on any atom is -0.385 e. The fourth-order valence-corrected chi connectivity index (χ4v) is 1.46. The summed E-state index contributed by atoms with van der Waals surface area (Å²) >= 11 is 1.68. The van der Waals surface area contributed by atoms with Crippen molar-refractivity contribution in [3.63, 3.8) is 0 Å². The smallest absolute Gasteiger partial charge is 0.106 e. The van der Waals surface area contributed by atoms with Crippen LogP contribution in [0.25, 0.3) is 0 Å². The molecular weight excluding hydrogens is 172 g/mol. The van der Waals surface area contributed by atoms with Crippen LogP contribution in [0.3, 0.4) is 0 Å². The first kappa shape index (κ1) is 9.64. The van der Waals surface area contributed by atoms with E-state index in [1.807, 2.05) is 11.6 Å². The number of hydrogen-bond donors (Lipinski definition) is 1. The van der Waals surface area contributed by atoms with Gasteiger partial charge in [-0.1, -0.05) is 0 Å². The van der Waals surface area contributed by atoms with Gasteiger partial charge in [0.25, 0.3) is 0 Å². The van der Waals surface area contributed by atoms with E-state index in [-0.39, 0.29) is 0 Å². The molecule has 0 saturated heterocycles. The van der Waals surface area contributed by atoms with Gasteiger partial charge in [0.15, 0.2) is 0 Å². The van der Waals surface area contributed by atoms with Crippen molar-refractivity contribution < 1.29 is 4.74 Å². The third-order valence-electron chi connectivity index (χ3n) is 1.46. The van der Waals surface area contributed by atoms with Gasteiger partial charge >= 0.3 is 0 Å². The topological polar surface area (TPSA) is 34.1 Å². The van der Waals surface area contributed by atoms with Crippen LogP contribution in [0.1, 0.15) is 11.4 Å². The van der Waals surface area contributed by atoms with Crippen molar-refractivity contribution in [3.05, 3.63) is 16.6 Å². The highest BCUT2D eigenvalue weighted by atomic mass is 32.1. The number of thiazole rings is 1. The Kier molecular flexibility index (Phi) is 4.91. The lowest BCUT2D eigenvalue weighted by atomic mass is 10.4. The monoisotopic (exact) mass is 186 g/mol. The second-order valence-electron chi connectivity index (χ2n) is 2.45. The lowest BCUT2D eigenvalue weighted by Gasteiger charge is -2.00. The van der Waals surface area contributed by atoms with E-state index < -0.39 is 0 Å². The van der Waals surface area contributed by atoms with Gasteiger partial charge in [0.1, 0.15) is 5.01 Å². The number of hydrogen-bond acceptors (Lipinski definition) is 4. The molecule has 4 heteroatoms. The normalized spacial score (nSPS) is 10.4. The van der Waals surface area contributed by atoms with Gasteiger partial charge in [0.05, 0.1) is 0 Å². The van der Waals surface area contributed by atoms with Crippen molar-refractivity contribution in [1.82, 2.24) is 10.3 Å². The summed E-state index contributed by atoms with van der Waals surface area (Å²) in [5, 5.41) is 6.43. The van der Waals surface area contributed by atoms with Crippen LogP contribution in [-0.2, 0) is 11.3 Å². The molecule has 0 atom stereocenters. The van der Waals surface area contributed by atoms with E-state index in [0.717, 1.165) is 31.1 Å². The Bertz CT molecular complexity index is 189. The molecule has 0 radical (unpaired) electrons. The van der Waals surface area contributed by atoms with Crippen LogP contribution >= 0.6 is 11.3 Å². The zero-order valence-electron chi connectivity index (χ0n) is 7.25. The van der Waals surface area contributed by atoms with Crippen molar-refractivity contribution in [2.75, 3.05) is 20.3 Å². The number of nitrogens with one attached hydrogen (secondary N) is 1. The standard InChI is InChI=1S/C8H14N2OS/c1-11-5-2-3-9-7-8-10-4-6-12-8/h4,6,9H,2-3,5,7H2,1H3. The summed E-state index contributed by atoms with van der Waals surface area (Å²) in [5.41, 5.74) is 0. The van der Waals surface area contributed by atoms with Crippen LogP contribution in [0.5, 0.6) is 0 Å². The number of ether oxygens (including phenoxy) is 1. The van der Waals surface area contributed by atoms with Gasteiger partial charge in [-0.25, -0.2) is 4.98 Å². The molecular formula is C8H14N2OS. The minimum absolute atomic E-state index is 0.824. The Morgan fingerprint density at radius 2 is 2.58 bits per heavy atom. The first-order valence-corrected chi connectivity index (χ1v) is 4.89. The van der Waals surface area contributed by atoms with Gasteiger partial charge < -0.3 is 10.1 Å². The molecule has 1 N–H and O–H groups in total. The van der Waals surface area contributed by atoms with E-state index in [1.54, 1.807) is 18.4 Å². The fourth-order valence-electron chi connectivity index (χ4n) is 0.877. The molecule has 68 valence electrons. The van der Waals surface area contributed by atoms with Crippen molar-refractivity contribution in [2.45, 2.75) is 13.0 Å². The van der Waals surface area contributed by atoms with Crippen LogP contribution in [0.4, 0.5) is 0 Å². The van der Waals surface area contributed by atoms with Crippen LogP contribution in [0.15, 0.2) is 11.6 Å². The van der Waals surface area contributed by atoms with Crippen molar-refractivity contribution in [2.24, 2.45) is 0 Å². The third kappa shape index (κ3) is 3.80. The van der Waals surface area contributed by atoms with Gasteiger partial charge in [0, 0.05) is 31.8 Å². The fraction of sp³-hybridized carbons (Fsp3) is 0.625. The second-order valence-corrected chi connectivity index (χ2v) is 3.43. The Morgan fingerprint density at radius 1 is 1.67 bits per heavy atom. The summed E-state index contributed by atoms with van der Waals surface area (Å²) in [6, 6.07) is 0. The molecule has 0 fully saturated rings. The average molecular weight is 186 g/mol. The van der Waals surface area contributed by atoms with E-state index in [4.69, 9.17) is 4.74 Å². The van der Waals surface area contributed by atoms with Crippen LogP contribution in [0, 0.1) is 0 Å². The molecule has 0 unspecified atom stereocenters. The molecule has 1 aromatic rings. The molecule has 3 nitrogen and oxygen atoms in total. The molecule has 0 bridgehead atoms. The average Bonchev–Trinajstić information content (AvgIpc) is 2.57. The number of aromatic nitrogens is 1. The summed E-state index contributed by atoms with van der Waals surface area (Å²) in [6.07, 6.45) is 2.89. The van der Waals surface area contributed by atoms with Gasteiger partial charge in [-0.05, 0) is 13.0 Å². The molecule has 1 aromatic heterocycles. The molecule has 0 aromatic carbocycles. The van der Waals surface area contributed by atoms with Crippen molar-refractivity contribution in [1.29, 1.82) is 0 Å². The van der Waals surface area contributed by atoms with E-state index in [0.29, 0.717) is 0 Å². The lowest BCUT2D eigenvalue weighted by molar-refractivity contribution is 0.194. The maximum absolute atomic E-state index is 4.93. The molecule has 0 amide bonds. The summed E-state index contributed by atoms with van der Waals surface area (Å²) in [6.45, 7) is 2.69. The first-order chi connectivity index (χ1) is 5.93. The molecule has 1 rings (SSSR count). The minimum atomic E-state index is 0.824. The Morgan fingerprint density at radius 3 is 3.25 bits per heavy atom. The number of nitrogens with zero attached hydrogens (tertiary/aromatic N) is 1. The van der Waals surface area contributed by atoms with E-state index in [9.17, 15) is 0 Å². The Hall–Kier alpha value is -0.450. The quantitative estimate of drug-likeness (QED) is 0.679. The van der Waals surface area contributed by atoms with Crippen LogP contribution in [0.2, 0.25) is 0 Å². The van der Waals surface area contributed by atoms with Crippen LogP contribution in [-0.4, -0.2) is 25.2 Å². The van der Waals surface area contributed by atoms with Gasteiger partial charge in [-0.3, -0.25) is 0 Å². The summed E-state index contributed by atoms with van der Waals surface area (Å²) in [4.78, 5) is 4.16. The molecule has 0 spiro atoms. The van der Waals surface area contributed by atoms with Gasteiger partial charge in [-0.15, -0.1) is 11.3 Å². The van der Waals surface area contributed by atoms with E-state index >= 15 is 0 Å². The maximum Gasteiger partial charge on any atom is 0.106 e. The molecule has 1 heterocycles. The lowest BCUT2D eigenvalue weighted by Crippen LogP contribution is -2.15. The molecule has 12 heavy (non-hydrogen) atoms. The predicted octanol–water partition coefficient (Wildman–Crippen LogP) is 1.27. The molecule has 0 aliphatic carbocycles. The largest absolute Gasteiger partial charge is 0.385 e. The first-order valence-electron chi connectivity index (χ1n) is 4.01. The zero-order valence-corrected chi connectivity index (χ0v) is 8.06. The highest BCUT2D eigenvalue weighted by Gasteiger charge is 1.93. The molecule has 0 aliphatic heterocycles.